The van der Waals surface area contributed by atoms with Gasteiger partial charge in [0, 0.05) is 6.20 Å². The number of hydrogen-bond acceptors (Lipinski definition) is 5. The summed E-state index contributed by atoms with van der Waals surface area (Å²) in [5.41, 5.74) is -0.0235. The lowest BCUT2D eigenvalue weighted by Gasteiger charge is -2.03. The molecule has 2 aromatic rings. The minimum Gasteiger partial charge on any atom is -0.478 e. The molecule has 0 aromatic carbocycles. The maximum atomic E-state index is 12.5. The van der Waals surface area contributed by atoms with Crippen LogP contribution in [0.5, 0.6) is 11.8 Å². The molecule has 2 rings (SSSR count). The third-order valence-corrected chi connectivity index (χ3v) is 1.77. The summed E-state index contributed by atoms with van der Waals surface area (Å²) in [5.74, 6) is -1.55. The zero-order valence-electron chi connectivity index (χ0n) is 8.37. The summed E-state index contributed by atoms with van der Waals surface area (Å²) < 4.78 is 17.6. The van der Waals surface area contributed by atoms with Gasteiger partial charge in [0.15, 0.2) is 5.82 Å². The van der Waals surface area contributed by atoms with Gasteiger partial charge in [0.25, 0.3) is 0 Å². The zero-order chi connectivity index (χ0) is 12.3. The van der Waals surface area contributed by atoms with Crippen LogP contribution in [0.1, 0.15) is 10.4 Å². The topological polar surface area (TPSA) is 85.2 Å². The lowest BCUT2D eigenvalue weighted by Crippen LogP contribution is -1.98. The van der Waals surface area contributed by atoms with Crippen LogP contribution in [0.4, 0.5) is 4.39 Å². The predicted octanol–water partition coefficient (Wildman–Crippen LogP) is 1.50. The maximum Gasteiger partial charge on any atom is 0.337 e. The Morgan fingerprint density at radius 1 is 1.24 bits per heavy atom. The van der Waals surface area contributed by atoms with Crippen molar-refractivity contribution in [3.05, 3.63) is 42.2 Å². The number of carboxylic acids is 1. The number of halogens is 1. The van der Waals surface area contributed by atoms with Crippen molar-refractivity contribution in [2.24, 2.45) is 0 Å². The first-order valence-electron chi connectivity index (χ1n) is 4.49. The van der Waals surface area contributed by atoms with E-state index in [1.165, 1.54) is 18.5 Å². The third-order valence-electron chi connectivity index (χ3n) is 1.77. The van der Waals surface area contributed by atoms with E-state index >= 15 is 0 Å². The minimum atomic E-state index is -1.12. The Morgan fingerprint density at radius 2 is 1.94 bits per heavy atom. The average Bonchev–Trinajstić information content (AvgIpc) is 2.32. The summed E-state index contributed by atoms with van der Waals surface area (Å²) in [6.45, 7) is 0. The molecule has 0 bridgehead atoms. The molecule has 0 radical (unpaired) electrons. The van der Waals surface area contributed by atoms with Crippen LogP contribution in [-0.4, -0.2) is 26.0 Å². The van der Waals surface area contributed by atoms with Crippen LogP contribution in [0.3, 0.4) is 0 Å². The van der Waals surface area contributed by atoms with E-state index in [9.17, 15) is 9.18 Å². The number of pyridine rings is 1. The number of carboxylic acid groups (broad SMARTS) is 1. The smallest absolute Gasteiger partial charge is 0.337 e. The number of aromatic nitrogens is 3. The molecule has 0 aliphatic carbocycles. The van der Waals surface area contributed by atoms with Gasteiger partial charge >= 0.3 is 12.0 Å². The average molecular weight is 235 g/mol. The van der Waals surface area contributed by atoms with Crippen LogP contribution >= 0.6 is 0 Å². The van der Waals surface area contributed by atoms with Crippen molar-refractivity contribution in [1.82, 2.24) is 15.0 Å². The molecule has 0 aliphatic rings. The van der Waals surface area contributed by atoms with Crippen molar-refractivity contribution in [3.8, 4) is 11.8 Å². The quantitative estimate of drug-likeness (QED) is 0.867. The number of rotatable bonds is 3. The molecular formula is C10H6FN3O3. The van der Waals surface area contributed by atoms with Crippen LogP contribution in [0, 0.1) is 5.82 Å². The maximum absolute atomic E-state index is 12.5. The number of hydrogen-bond donors (Lipinski definition) is 1. The number of aromatic carboxylic acids is 1. The molecule has 0 fully saturated rings. The molecule has 0 saturated heterocycles. The lowest BCUT2D eigenvalue weighted by molar-refractivity contribution is 0.0696. The summed E-state index contributed by atoms with van der Waals surface area (Å²) in [5, 5.41) is 8.74. The fourth-order valence-corrected chi connectivity index (χ4v) is 1.05. The molecule has 7 heteroatoms. The molecule has 0 saturated carbocycles. The summed E-state index contributed by atoms with van der Waals surface area (Å²) >= 11 is 0. The van der Waals surface area contributed by atoms with Crippen molar-refractivity contribution < 1.29 is 19.0 Å². The monoisotopic (exact) mass is 235 g/mol. The van der Waals surface area contributed by atoms with Gasteiger partial charge < -0.3 is 9.84 Å². The van der Waals surface area contributed by atoms with Crippen LogP contribution in [-0.2, 0) is 0 Å². The number of nitrogens with zero attached hydrogens (tertiary/aromatic N) is 3. The normalized spacial score (nSPS) is 9.94. The van der Waals surface area contributed by atoms with Crippen LogP contribution in [0.15, 0.2) is 30.9 Å². The summed E-state index contributed by atoms with van der Waals surface area (Å²) in [7, 11) is 0. The van der Waals surface area contributed by atoms with Crippen molar-refractivity contribution in [2.45, 2.75) is 0 Å². The van der Waals surface area contributed by atoms with Gasteiger partial charge in [-0.05, 0) is 6.07 Å². The van der Waals surface area contributed by atoms with Crippen molar-refractivity contribution in [3.63, 3.8) is 0 Å². The Balaban J connectivity index is 2.21. The molecule has 6 nitrogen and oxygen atoms in total. The highest BCUT2D eigenvalue weighted by atomic mass is 19.1. The van der Waals surface area contributed by atoms with Crippen LogP contribution in [0.2, 0.25) is 0 Å². The fraction of sp³-hybridized carbons (Fsp3) is 0. The standard InChI is InChI=1S/C10H6FN3O3/c11-7-3-13-10(14-4-7)17-8-1-6(9(15)16)2-12-5-8/h1-5H,(H,15,16). The second-order valence-corrected chi connectivity index (χ2v) is 3.00. The van der Waals surface area contributed by atoms with Gasteiger partial charge in [-0.15, -0.1) is 0 Å². The van der Waals surface area contributed by atoms with Gasteiger partial charge in [0.2, 0.25) is 0 Å². The van der Waals surface area contributed by atoms with Gasteiger partial charge in [0.05, 0.1) is 24.2 Å². The molecule has 0 atom stereocenters. The number of ether oxygens (including phenoxy) is 1. The Kier molecular flexibility index (Phi) is 2.91. The fourth-order valence-electron chi connectivity index (χ4n) is 1.05. The van der Waals surface area contributed by atoms with E-state index < -0.39 is 11.8 Å². The van der Waals surface area contributed by atoms with Crippen molar-refractivity contribution >= 4 is 5.97 Å². The van der Waals surface area contributed by atoms with Gasteiger partial charge in [-0.1, -0.05) is 0 Å². The van der Waals surface area contributed by atoms with Gasteiger partial charge in [-0.3, -0.25) is 4.98 Å². The van der Waals surface area contributed by atoms with E-state index in [0.717, 1.165) is 12.4 Å². The van der Waals surface area contributed by atoms with E-state index in [-0.39, 0.29) is 17.3 Å². The SMILES string of the molecule is O=C(O)c1cncc(Oc2ncc(F)cn2)c1. The molecule has 86 valence electrons. The molecule has 2 heterocycles. The molecule has 1 N–H and O–H groups in total. The highest BCUT2D eigenvalue weighted by Crippen LogP contribution is 2.17. The summed E-state index contributed by atoms with van der Waals surface area (Å²) in [6.07, 6.45) is 4.37. The molecule has 0 aliphatic heterocycles. The molecule has 0 amide bonds. The molecule has 0 spiro atoms. The van der Waals surface area contributed by atoms with Crippen molar-refractivity contribution in [1.29, 1.82) is 0 Å². The predicted molar refractivity (Wildman–Crippen MR) is 53.3 cm³/mol. The minimum absolute atomic E-state index is 0.0235. The zero-order valence-corrected chi connectivity index (χ0v) is 8.37. The molecule has 17 heavy (non-hydrogen) atoms. The lowest BCUT2D eigenvalue weighted by atomic mass is 10.3. The van der Waals surface area contributed by atoms with E-state index in [1.807, 2.05) is 0 Å². The first kappa shape index (κ1) is 10.9. The van der Waals surface area contributed by atoms with Gasteiger partial charge in [-0.2, -0.15) is 0 Å². The van der Waals surface area contributed by atoms with E-state index in [1.54, 1.807) is 0 Å². The Hall–Kier alpha value is -2.57. The number of carbonyl (C=O) groups is 1. The Labute approximate surface area is 94.7 Å². The second kappa shape index (κ2) is 4.52. The second-order valence-electron chi connectivity index (χ2n) is 3.00. The molecule has 2 aromatic heterocycles. The van der Waals surface area contributed by atoms with Crippen LogP contribution in [0.25, 0.3) is 0 Å². The first-order valence-corrected chi connectivity index (χ1v) is 4.49. The van der Waals surface area contributed by atoms with E-state index in [0.29, 0.717) is 0 Å². The summed E-state index contributed by atoms with van der Waals surface area (Å²) in [6, 6.07) is 1.18. The summed E-state index contributed by atoms with van der Waals surface area (Å²) in [4.78, 5) is 21.5. The van der Waals surface area contributed by atoms with E-state index in [2.05, 4.69) is 15.0 Å². The largest absolute Gasteiger partial charge is 0.478 e. The third kappa shape index (κ3) is 2.71. The Bertz CT molecular complexity index is 545. The Morgan fingerprint density at radius 3 is 2.59 bits per heavy atom. The molecular weight excluding hydrogens is 229 g/mol. The van der Waals surface area contributed by atoms with Gasteiger partial charge in [-0.25, -0.2) is 19.2 Å². The highest BCUT2D eigenvalue weighted by Gasteiger charge is 2.06. The van der Waals surface area contributed by atoms with Crippen LogP contribution < -0.4 is 4.74 Å². The molecule has 0 unspecified atom stereocenters. The van der Waals surface area contributed by atoms with E-state index in [4.69, 9.17) is 9.84 Å². The van der Waals surface area contributed by atoms with Crippen molar-refractivity contribution in [2.75, 3.05) is 0 Å². The first-order chi connectivity index (χ1) is 8.15. The van der Waals surface area contributed by atoms with Gasteiger partial charge in [0.1, 0.15) is 5.75 Å². The highest BCUT2D eigenvalue weighted by molar-refractivity contribution is 5.87.